The summed E-state index contributed by atoms with van der Waals surface area (Å²) in [7, 11) is 0. The normalized spacial score (nSPS) is 14.9. The summed E-state index contributed by atoms with van der Waals surface area (Å²) in [6.45, 7) is 4.39. The molecule has 1 aromatic heterocycles. The summed E-state index contributed by atoms with van der Waals surface area (Å²) >= 11 is 7.06. The maximum absolute atomic E-state index is 13.0. The molecule has 4 aromatic rings. The topological polar surface area (TPSA) is 51.5 Å². The molecule has 1 aliphatic heterocycles. The average molecular weight is 503 g/mol. The Hall–Kier alpha value is -3.48. The summed E-state index contributed by atoms with van der Waals surface area (Å²) < 4.78 is 7.82. The summed E-state index contributed by atoms with van der Waals surface area (Å²) in [6, 6.07) is 23.8. The second-order valence-corrected chi connectivity index (χ2v) is 9.71. The van der Waals surface area contributed by atoms with Crippen molar-refractivity contribution >= 4 is 51.4 Å². The van der Waals surface area contributed by atoms with Crippen LogP contribution in [0.1, 0.15) is 17.0 Å². The molecule has 0 spiro atoms. The molecule has 0 unspecified atom stereocenters. The molecular formula is C28H23ClN2O3S. The van der Waals surface area contributed by atoms with E-state index in [1.54, 1.807) is 18.2 Å². The molecule has 0 bridgehead atoms. The SMILES string of the molecule is Cc1cc(/C=C2\SC(=O)N(CCOc3ccccc3Cl)C2=O)c(C)n1-c1ccc2ccccc2c1. The van der Waals surface area contributed by atoms with Crippen molar-refractivity contribution in [1.29, 1.82) is 0 Å². The third-order valence-electron chi connectivity index (χ3n) is 6.03. The second kappa shape index (κ2) is 9.64. The number of imide groups is 1. The first-order valence-electron chi connectivity index (χ1n) is 11.2. The number of aryl methyl sites for hydroxylation is 1. The van der Waals surface area contributed by atoms with Crippen LogP contribution in [-0.4, -0.2) is 33.8 Å². The number of thioether (sulfide) groups is 1. The second-order valence-electron chi connectivity index (χ2n) is 8.31. The van der Waals surface area contributed by atoms with Gasteiger partial charge >= 0.3 is 0 Å². The van der Waals surface area contributed by atoms with Gasteiger partial charge in [0.15, 0.2) is 0 Å². The number of benzene rings is 3. The number of hydrogen-bond donors (Lipinski definition) is 0. The van der Waals surface area contributed by atoms with E-state index in [1.807, 2.05) is 44.2 Å². The van der Waals surface area contributed by atoms with Gasteiger partial charge in [-0.1, -0.05) is 54.1 Å². The van der Waals surface area contributed by atoms with Gasteiger partial charge in [-0.25, -0.2) is 0 Å². The minimum atomic E-state index is -0.307. The molecule has 1 aliphatic rings. The highest BCUT2D eigenvalue weighted by Gasteiger charge is 2.35. The zero-order chi connectivity index (χ0) is 24.5. The van der Waals surface area contributed by atoms with E-state index in [0.717, 1.165) is 34.4 Å². The highest BCUT2D eigenvalue weighted by Crippen LogP contribution is 2.34. The molecule has 5 nitrogen and oxygen atoms in total. The first-order chi connectivity index (χ1) is 16.9. The minimum absolute atomic E-state index is 0.156. The Morgan fingerprint density at radius 3 is 2.49 bits per heavy atom. The number of rotatable bonds is 6. The van der Waals surface area contributed by atoms with Crippen molar-refractivity contribution in [3.8, 4) is 11.4 Å². The van der Waals surface area contributed by atoms with Crippen LogP contribution < -0.4 is 4.74 Å². The number of halogens is 1. The fourth-order valence-electron chi connectivity index (χ4n) is 4.29. The van der Waals surface area contributed by atoms with Gasteiger partial charge < -0.3 is 9.30 Å². The molecule has 2 heterocycles. The number of aromatic nitrogens is 1. The van der Waals surface area contributed by atoms with Crippen molar-refractivity contribution < 1.29 is 14.3 Å². The number of ether oxygens (including phenoxy) is 1. The summed E-state index contributed by atoms with van der Waals surface area (Å²) in [4.78, 5) is 27.1. The van der Waals surface area contributed by atoms with Crippen LogP contribution in [0.2, 0.25) is 5.02 Å². The van der Waals surface area contributed by atoms with Crippen LogP contribution in [0.3, 0.4) is 0 Å². The van der Waals surface area contributed by atoms with Crippen molar-refractivity contribution in [2.24, 2.45) is 0 Å². The van der Waals surface area contributed by atoms with E-state index < -0.39 is 0 Å². The fourth-order valence-corrected chi connectivity index (χ4v) is 5.34. The van der Waals surface area contributed by atoms with Crippen molar-refractivity contribution in [2.75, 3.05) is 13.2 Å². The molecule has 7 heteroatoms. The fraction of sp³-hybridized carbons (Fsp3) is 0.143. The van der Waals surface area contributed by atoms with E-state index in [0.29, 0.717) is 15.7 Å². The van der Waals surface area contributed by atoms with E-state index in [4.69, 9.17) is 16.3 Å². The van der Waals surface area contributed by atoms with Crippen LogP contribution in [0.15, 0.2) is 77.7 Å². The predicted octanol–water partition coefficient (Wildman–Crippen LogP) is 7.02. The number of fused-ring (bicyclic) bond motifs is 1. The molecule has 1 fully saturated rings. The van der Waals surface area contributed by atoms with Crippen molar-refractivity contribution in [2.45, 2.75) is 13.8 Å². The number of amides is 2. The summed E-state index contributed by atoms with van der Waals surface area (Å²) in [5.41, 5.74) is 4.03. The molecule has 0 N–H and O–H groups in total. The number of carbonyl (C=O) groups is 2. The van der Waals surface area contributed by atoms with Gasteiger partial charge in [-0.15, -0.1) is 0 Å². The lowest BCUT2D eigenvalue weighted by molar-refractivity contribution is -0.123. The standard InChI is InChI=1S/C28H23ClN2O3S/c1-18-15-22(19(2)31(18)23-12-11-20-7-3-4-8-21(20)16-23)17-26-27(32)30(28(33)35-26)13-14-34-25-10-6-5-9-24(25)29/h3-12,15-17H,13-14H2,1-2H3/b26-17-. The first kappa shape index (κ1) is 23.3. The van der Waals surface area contributed by atoms with Crippen molar-refractivity contribution in [3.05, 3.63) is 99.7 Å². The lowest BCUT2D eigenvalue weighted by Crippen LogP contribution is -2.32. The van der Waals surface area contributed by atoms with Crippen LogP contribution >= 0.6 is 23.4 Å². The minimum Gasteiger partial charge on any atom is -0.490 e. The van der Waals surface area contributed by atoms with Gasteiger partial charge in [-0.05, 0) is 78.4 Å². The smallest absolute Gasteiger partial charge is 0.293 e. The van der Waals surface area contributed by atoms with Gasteiger partial charge in [0.2, 0.25) is 0 Å². The Kier molecular flexibility index (Phi) is 6.41. The quantitative estimate of drug-likeness (QED) is 0.266. The molecule has 5 rings (SSSR count). The highest BCUT2D eigenvalue weighted by molar-refractivity contribution is 8.18. The summed E-state index contributed by atoms with van der Waals surface area (Å²) in [5, 5.41) is 2.54. The summed E-state index contributed by atoms with van der Waals surface area (Å²) in [5.74, 6) is 0.219. The predicted molar refractivity (Wildman–Crippen MR) is 142 cm³/mol. The molecule has 0 saturated carbocycles. The van der Waals surface area contributed by atoms with Gasteiger partial charge in [0.1, 0.15) is 12.4 Å². The Balaban J connectivity index is 1.35. The molecule has 0 radical (unpaired) electrons. The number of carbonyl (C=O) groups excluding carboxylic acids is 2. The van der Waals surface area contributed by atoms with Crippen LogP contribution in [0.4, 0.5) is 4.79 Å². The van der Waals surface area contributed by atoms with E-state index in [1.165, 1.54) is 15.7 Å². The third-order valence-corrected chi connectivity index (χ3v) is 7.25. The molecule has 3 aromatic carbocycles. The maximum atomic E-state index is 13.0. The molecule has 0 aliphatic carbocycles. The van der Waals surface area contributed by atoms with E-state index in [9.17, 15) is 9.59 Å². The first-order valence-corrected chi connectivity index (χ1v) is 12.4. The van der Waals surface area contributed by atoms with E-state index in [2.05, 4.69) is 34.9 Å². The zero-order valence-corrected chi connectivity index (χ0v) is 20.9. The van der Waals surface area contributed by atoms with Gasteiger partial charge in [-0.2, -0.15) is 0 Å². The molecule has 1 saturated heterocycles. The Labute approximate surface area is 212 Å². The van der Waals surface area contributed by atoms with Gasteiger partial charge in [0, 0.05) is 17.1 Å². The van der Waals surface area contributed by atoms with Crippen LogP contribution in [-0.2, 0) is 4.79 Å². The van der Waals surface area contributed by atoms with Crippen LogP contribution in [0.25, 0.3) is 22.5 Å². The average Bonchev–Trinajstić information content (AvgIpc) is 3.28. The Morgan fingerprint density at radius 1 is 0.943 bits per heavy atom. The maximum Gasteiger partial charge on any atom is 0.293 e. The van der Waals surface area contributed by atoms with E-state index >= 15 is 0 Å². The molecule has 35 heavy (non-hydrogen) atoms. The Morgan fingerprint density at radius 2 is 1.69 bits per heavy atom. The van der Waals surface area contributed by atoms with Gasteiger partial charge in [0.25, 0.3) is 11.1 Å². The lowest BCUT2D eigenvalue weighted by Gasteiger charge is -2.13. The molecular weight excluding hydrogens is 480 g/mol. The zero-order valence-electron chi connectivity index (χ0n) is 19.3. The largest absolute Gasteiger partial charge is 0.490 e. The number of nitrogens with zero attached hydrogens (tertiary/aromatic N) is 2. The molecule has 0 atom stereocenters. The molecule has 176 valence electrons. The van der Waals surface area contributed by atoms with E-state index in [-0.39, 0.29) is 24.3 Å². The van der Waals surface area contributed by atoms with Gasteiger partial charge in [0.05, 0.1) is 16.5 Å². The lowest BCUT2D eigenvalue weighted by atomic mass is 10.1. The van der Waals surface area contributed by atoms with Crippen LogP contribution in [0, 0.1) is 13.8 Å². The third kappa shape index (κ3) is 4.59. The number of para-hydroxylation sites is 1. The van der Waals surface area contributed by atoms with Crippen molar-refractivity contribution in [3.63, 3.8) is 0 Å². The highest BCUT2D eigenvalue weighted by atomic mass is 35.5. The summed E-state index contributed by atoms with van der Waals surface area (Å²) in [6.07, 6.45) is 1.81. The number of hydrogen-bond acceptors (Lipinski definition) is 4. The molecule has 2 amide bonds. The Bertz CT molecular complexity index is 1490. The van der Waals surface area contributed by atoms with Gasteiger partial charge in [-0.3, -0.25) is 14.5 Å². The van der Waals surface area contributed by atoms with Crippen LogP contribution in [0.5, 0.6) is 5.75 Å². The van der Waals surface area contributed by atoms with Crippen molar-refractivity contribution in [1.82, 2.24) is 9.47 Å². The monoisotopic (exact) mass is 502 g/mol.